The second kappa shape index (κ2) is 10.8. The first kappa shape index (κ1) is 23.4. The van der Waals surface area contributed by atoms with Gasteiger partial charge in [0.05, 0.1) is 20.0 Å². The van der Waals surface area contributed by atoms with E-state index in [0.717, 1.165) is 37.3 Å². The minimum atomic E-state index is -0.713. The molecule has 8 nitrogen and oxygen atoms in total. The van der Waals surface area contributed by atoms with E-state index in [-0.39, 0.29) is 33.4 Å². The Hall–Kier alpha value is -1.85. The predicted octanol–water partition coefficient (Wildman–Crippen LogP) is 2.70. The molecule has 0 aromatic carbocycles. The number of esters is 3. The van der Waals surface area contributed by atoms with Crippen LogP contribution in [0.1, 0.15) is 45.4 Å². The fraction of sp³-hybridized carbons (Fsp3) is 0.556. The van der Waals surface area contributed by atoms with Gasteiger partial charge in [-0.05, 0) is 18.8 Å². The summed E-state index contributed by atoms with van der Waals surface area (Å²) in [6.07, 6.45) is 2.16. The van der Waals surface area contributed by atoms with Crippen LogP contribution in [0.15, 0.2) is 0 Å². The van der Waals surface area contributed by atoms with Crippen molar-refractivity contribution in [1.29, 1.82) is 0 Å². The third kappa shape index (κ3) is 6.06. The molecular formula is C18H24N2O6S3. The van der Waals surface area contributed by atoms with E-state index in [2.05, 4.69) is 11.8 Å². The summed E-state index contributed by atoms with van der Waals surface area (Å²) >= 11 is 7.52. The fourth-order valence-electron chi connectivity index (χ4n) is 2.80. The highest BCUT2D eigenvalue weighted by atomic mass is 32.2. The zero-order valence-corrected chi connectivity index (χ0v) is 19.0. The summed E-state index contributed by atoms with van der Waals surface area (Å²) < 4.78 is 15.4. The minimum Gasteiger partial charge on any atom is -0.465 e. The van der Waals surface area contributed by atoms with Gasteiger partial charge in [-0.15, -0.1) is 11.3 Å². The van der Waals surface area contributed by atoms with Crippen molar-refractivity contribution in [3.63, 3.8) is 0 Å². The highest BCUT2D eigenvalue weighted by Crippen LogP contribution is 2.33. The summed E-state index contributed by atoms with van der Waals surface area (Å²) in [6.45, 7) is 3.70. The van der Waals surface area contributed by atoms with E-state index >= 15 is 0 Å². The molecule has 0 unspecified atom stereocenters. The van der Waals surface area contributed by atoms with Crippen molar-refractivity contribution in [1.82, 2.24) is 4.90 Å². The Balaban J connectivity index is 1.97. The quantitative estimate of drug-likeness (QED) is 0.387. The lowest BCUT2D eigenvalue weighted by atomic mass is 10.00. The van der Waals surface area contributed by atoms with Gasteiger partial charge in [-0.25, -0.2) is 9.59 Å². The molecule has 0 radical (unpaired) electrons. The number of carbonyl (C=O) groups is 3. The van der Waals surface area contributed by atoms with Crippen LogP contribution in [0.5, 0.6) is 0 Å². The second-order valence-corrected chi connectivity index (χ2v) is 9.18. The van der Waals surface area contributed by atoms with Gasteiger partial charge in [0.2, 0.25) is 0 Å². The maximum absolute atomic E-state index is 12.2. The van der Waals surface area contributed by atoms with Crippen LogP contribution in [0, 0.1) is 5.92 Å². The third-order valence-corrected chi connectivity index (χ3v) is 7.07. The molecule has 0 atom stereocenters. The van der Waals surface area contributed by atoms with Crippen molar-refractivity contribution in [2.75, 3.05) is 38.8 Å². The van der Waals surface area contributed by atoms with Gasteiger partial charge in [0.1, 0.15) is 26.4 Å². The lowest BCUT2D eigenvalue weighted by molar-refractivity contribution is -0.141. The van der Waals surface area contributed by atoms with E-state index in [1.807, 2.05) is 0 Å². The summed E-state index contributed by atoms with van der Waals surface area (Å²) in [7, 11) is 2.41. The van der Waals surface area contributed by atoms with E-state index in [1.165, 1.54) is 26.0 Å². The number of thioether (sulfide) groups is 1. The topological polar surface area (TPSA) is 108 Å². The number of hydrogen-bond donors (Lipinski definition) is 1. The molecule has 0 aliphatic carbocycles. The normalized spacial score (nSPS) is 14.4. The van der Waals surface area contributed by atoms with Crippen molar-refractivity contribution in [3.8, 4) is 0 Å². The van der Waals surface area contributed by atoms with Crippen LogP contribution < -0.4 is 5.73 Å². The Morgan fingerprint density at radius 3 is 2.41 bits per heavy atom. The van der Waals surface area contributed by atoms with Gasteiger partial charge in [0.25, 0.3) is 0 Å². The standard InChI is InChI=1S/C18H24N2O6S3/c1-10-4-6-20(7-5-10)18(27)28-9-12(21)26-8-11-13(16(22)24-2)15(19)29-14(11)17(23)25-3/h10H,4-9,19H2,1-3H3. The number of hydrogen-bond acceptors (Lipinski definition) is 10. The number of nitrogens with two attached hydrogens (primary N) is 1. The number of piperidine rings is 1. The molecule has 1 fully saturated rings. The minimum absolute atomic E-state index is 0.0105. The molecule has 2 rings (SSSR count). The van der Waals surface area contributed by atoms with Gasteiger partial charge in [-0.3, -0.25) is 4.79 Å². The number of rotatable bonds is 6. The van der Waals surface area contributed by atoms with Crippen LogP contribution in [0.2, 0.25) is 0 Å². The first-order chi connectivity index (χ1) is 13.8. The lowest BCUT2D eigenvalue weighted by Gasteiger charge is -2.31. The van der Waals surface area contributed by atoms with E-state index in [1.54, 1.807) is 0 Å². The largest absolute Gasteiger partial charge is 0.465 e. The summed E-state index contributed by atoms with van der Waals surface area (Å²) in [5.41, 5.74) is 6.04. The molecule has 1 aliphatic rings. The van der Waals surface area contributed by atoms with Gasteiger partial charge in [-0.1, -0.05) is 30.9 Å². The molecule has 0 spiro atoms. The molecule has 160 valence electrons. The number of nitrogens with zero attached hydrogens (tertiary/aromatic N) is 1. The van der Waals surface area contributed by atoms with Crippen molar-refractivity contribution in [2.24, 2.45) is 5.92 Å². The Bertz CT molecular complexity index is 787. The number of thiophene rings is 1. The Morgan fingerprint density at radius 2 is 1.83 bits per heavy atom. The maximum Gasteiger partial charge on any atom is 0.348 e. The molecule has 29 heavy (non-hydrogen) atoms. The fourth-order valence-corrected chi connectivity index (χ4v) is 4.83. The highest BCUT2D eigenvalue weighted by molar-refractivity contribution is 8.23. The SMILES string of the molecule is COC(=O)c1sc(N)c(C(=O)OC)c1COC(=O)CSC(=S)N1CCC(C)CC1. The number of likely N-dealkylation sites (tertiary alicyclic amines) is 1. The number of anilines is 1. The number of methoxy groups -OCH3 is 2. The number of carbonyl (C=O) groups excluding carboxylic acids is 3. The molecule has 0 saturated carbocycles. The molecule has 1 saturated heterocycles. The molecule has 11 heteroatoms. The lowest BCUT2D eigenvalue weighted by Crippen LogP contribution is -2.35. The van der Waals surface area contributed by atoms with Crippen molar-refractivity contribution in [3.05, 3.63) is 16.0 Å². The van der Waals surface area contributed by atoms with Gasteiger partial charge >= 0.3 is 17.9 Å². The van der Waals surface area contributed by atoms with Crippen LogP contribution in [-0.2, 0) is 25.6 Å². The Labute approximate surface area is 183 Å². The smallest absolute Gasteiger partial charge is 0.348 e. The van der Waals surface area contributed by atoms with Crippen molar-refractivity contribution < 1.29 is 28.6 Å². The average molecular weight is 461 g/mol. The van der Waals surface area contributed by atoms with Gasteiger partial charge in [0, 0.05) is 18.7 Å². The van der Waals surface area contributed by atoms with Crippen LogP contribution >= 0.6 is 35.3 Å². The highest BCUT2D eigenvalue weighted by Gasteiger charge is 2.28. The summed E-state index contributed by atoms with van der Waals surface area (Å²) in [5.74, 6) is -1.17. The van der Waals surface area contributed by atoms with Gasteiger partial charge < -0.3 is 24.8 Å². The van der Waals surface area contributed by atoms with Crippen molar-refractivity contribution in [2.45, 2.75) is 26.4 Å². The molecule has 0 amide bonds. The van der Waals surface area contributed by atoms with E-state index in [4.69, 9.17) is 32.2 Å². The number of ether oxygens (including phenoxy) is 3. The predicted molar refractivity (Wildman–Crippen MR) is 116 cm³/mol. The molecular weight excluding hydrogens is 436 g/mol. The van der Waals surface area contributed by atoms with Crippen LogP contribution in [0.4, 0.5) is 5.00 Å². The van der Waals surface area contributed by atoms with Gasteiger partial charge in [0.15, 0.2) is 0 Å². The van der Waals surface area contributed by atoms with E-state index in [9.17, 15) is 14.4 Å². The third-order valence-electron chi connectivity index (χ3n) is 4.53. The molecule has 1 aromatic heterocycles. The first-order valence-electron chi connectivity index (χ1n) is 8.93. The van der Waals surface area contributed by atoms with E-state index < -0.39 is 17.9 Å². The number of nitrogen functional groups attached to an aromatic ring is 1. The molecule has 1 aliphatic heterocycles. The maximum atomic E-state index is 12.2. The second-order valence-electron chi connectivity index (χ2n) is 6.52. The summed E-state index contributed by atoms with van der Waals surface area (Å²) in [5, 5.41) is 0.0955. The average Bonchev–Trinajstić information content (AvgIpc) is 3.05. The molecule has 1 aromatic rings. The van der Waals surface area contributed by atoms with Crippen LogP contribution in [0.3, 0.4) is 0 Å². The zero-order valence-electron chi connectivity index (χ0n) is 16.5. The summed E-state index contributed by atoms with van der Waals surface area (Å²) in [4.78, 5) is 38.4. The zero-order chi connectivity index (χ0) is 21.6. The van der Waals surface area contributed by atoms with E-state index in [0.29, 0.717) is 10.2 Å². The molecule has 2 N–H and O–H groups in total. The molecule has 2 heterocycles. The van der Waals surface area contributed by atoms with Crippen LogP contribution in [-0.4, -0.2) is 60.2 Å². The summed E-state index contributed by atoms with van der Waals surface area (Å²) in [6, 6.07) is 0. The monoisotopic (exact) mass is 460 g/mol. The Kier molecular flexibility index (Phi) is 8.72. The van der Waals surface area contributed by atoms with Crippen molar-refractivity contribution >= 4 is 62.5 Å². The van der Waals surface area contributed by atoms with Crippen LogP contribution in [0.25, 0.3) is 0 Å². The first-order valence-corrected chi connectivity index (χ1v) is 11.1. The van der Waals surface area contributed by atoms with Gasteiger partial charge in [-0.2, -0.15) is 0 Å². The number of thiocarbonyl (C=S) groups is 1. The Morgan fingerprint density at radius 1 is 1.21 bits per heavy atom. The molecule has 0 bridgehead atoms.